The van der Waals surface area contributed by atoms with E-state index >= 15 is 0 Å². The monoisotopic (exact) mass is 444 g/mol. The van der Waals surface area contributed by atoms with Gasteiger partial charge in [0.25, 0.3) is 15.9 Å². The number of hydrogen-bond donors (Lipinski definition) is 2. The first-order valence-corrected chi connectivity index (χ1v) is 11.8. The highest BCUT2D eigenvalue weighted by Gasteiger charge is 2.16. The van der Waals surface area contributed by atoms with Crippen molar-refractivity contribution < 1.29 is 13.2 Å². The summed E-state index contributed by atoms with van der Waals surface area (Å²) < 4.78 is 27.7. The van der Waals surface area contributed by atoms with Crippen LogP contribution in [-0.4, -0.2) is 24.5 Å². The van der Waals surface area contributed by atoms with Crippen LogP contribution in [0.3, 0.4) is 0 Å². The van der Waals surface area contributed by atoms with Crippen LogP contribution in [0.25, 0.3) is 0 Å². The van der Waals surface area contributed by atoms with E-state index in [-0.39, 0.29) is 10.8 Å². The van der Waals surface area contributed by atoms with E-state index in [1.54, 1.807) is 42.5 Å². The first-order valence-electron chi connectivity index (χ1n) is 9.48. The molecule has 0 radical (unpaired) electrons. The molecule has 0 aliphatic carbocycles. The van der Waals surface area contributed by atoms with Crippen molar-refractivity contribution in [3.8, 4) is 0 Å². The topological polar surface area (TPSA) is 101 Å². The standard InChI is InChI=1S/C21H24N4O3S2/c1-13(2)11-19-23-24-21(29-19)22-20(26)16-6-8-17(9-7-16)25-30(27,28)18-10-5-14(3)15(4)12-18/h5-10,12-13,25H,11H2,1-4H3,(H,22,24,26). The normalized spacial score (nSPS) is 11.5. The fourth-order valence-electron chi connectivity index (χ4n) is 2.69. The molecule has 0 aliphatic heterocycles. The van der Waals surface area contributed by atoms with Gasteiger partial charge >= 0.3 is 0 Å². The molecule has 1 heterocycles. The number of nitrogens with zero attached hydrogens (tertiary/aromatic N) is 2. The Hall–Kier alpha value is -2.78. The van der Waals surface area contributed by atoms with Crippen LogP contribution in [0.4, 0.5) is 10.8 Å². The number of rotatable bonds is 7. The first kappa shape index (κ1) is 21.9. The third-order valence-electron chi connectivity index (χ3n) is 4.46. The molecule has 9 heteroatoms. The molecule has 1 amide bonds. The predicted molar refractivity (Wildman–Crippen MR) is 120 cm³/mol. The predicted octanol–water partition coefficient (Wildman–Crippen LogP) is 4.41. The lowest BCUT2D eigenvalue weighted by Crippen LogP contribution is -2.14. The lowest BCUT2D eigenvalue weighted by atomic mass is 10.1. The largest absolute Gasteiger partial charge is 0.296 e. The van der Waals surface area contributed by atoms with Crippen molar-refractivity contribution in [3.63, 3.8) is 0 Å². The number of nitrogens with one attached hydrogen (secondary N) is 2. The summed E-state index contributed by atoms with van der Waals surface area (Å²) in [6.45, 7) is 7.98. The van der Waals surface area contributed by atoms with Crippen LogP contribution in [0.2, 0.25) is 0 Å². The second kappa shape index (κ2) is 8.93. The molecule has 3 aromatic rings. The van der Waals surface area contributed by atoms with Gasteiger partial charge in [-0.15, -0.1) is 10.2 Å². The van der Waals surface area contributed by atoms with Crippen LogP contribution < -0.4 is 10.0 Å². The SMILES string of the molecule is Cc1ccc(S(=O)(=O)Nc2ccc(C(=O)Nc3nnc(CC(C)C)s3)cc2)cc1C. The van der Waals surface area contributed by atoms with E-state index in [2.05, 4.69) is 34.1 Å². The van der Waals surface area contributed by atoms with Crippen LogP contribution in [0, 0.1) is 19.8 Å². The number of aryl methyl sites for hydroxylation is 2. The lowest BCUT2D eigenvalue weighted by molar-refractivity contribution is 0.102. The van der Waals surface area contributed by atoms with Gasteiger partial charge in [0.05, 0.1) is 4.90 Å². The van der Waals surface area contributed by atoms with E-state index < -0.39 is 10.0 Å². The number of carbonyl (C=O) groups excluding carboxylic acids is 1. The highest BCUT2D eigenvalue weighted by molar-refractivity contribution is 7.92. The summed E-state index contributed by atoms with van der Waals surface area (Å²) in [5, 5.41) is 12.1. The molecule has 2 aromatic carbocycles. The minimum absolute atomic E-state index is 0.195. The van der Waals surface area contributed by atoms with Gasteiger partial charge in [-0.2, -0.15) is 0 Å². The van der Waals surface area contributed by atoms with Gasteiger partial charge in [0.15, 0.2) is 0 Å². The van der Waals surface area contributed by atoms with Crippen molar-refractivity contribution in [1.82, 2.24) is 10.2 Å². The average Bonchev–Trinajstić information content (AvgIpc) is 3.10. The zero-order valence-electron chi connectivity index (χ0n) is 17.3. The van der Waals surface area contributed by atoms with Crippen LogP contribution in [0.1, 0.15) is 40.3 Å². The highest BCUT2D eigenvalue weighted by atomic mass is 32.2. The first-order chi connectivity index (χ1) is 14.1. The average molecular weight is 445 g/mol. The number of anilines is 2. The van der Waals surface area contributed by atoms with Crippen molar-refractivity contribution in [1.29, 1.82) is 0 Å². The number of aromatic nitrogens is 2. The second-order valence-electron chi connectivity index (χ2n) is 7.48. The molecule has 0 atom stereocenters. The van der Waals surface area contributed by atoms with Crippen molar-refractivity contribution >= 4 is 38.1 Å². The maximum Gasteiger partial charge on any atom is 0.261 e. The summed E-state index contributed by atoms with van der Waals surface area (Å²) in [5.41, 5.74) is 2.69. The molecule has 0 fully saturated rings. The molecular formula is C21H24N4O3S2. The fraction of sp³-hybridized carbons (Fsp3) is 0.286. The maximum absolute atomic E-state index is 12.6. The zero-order valence-corrected chi connectivity index (χ0v) is 18.9. The highest BCUT2D eigenvalue weighted by Crippen LogP contribution is 2.21. The Balaban J connectivity index is 1.67. The summed E-state index contributed by atoms with van der Waals surface area (Å²) in [5.74, 6) is 0.132. The van der Waals surface area contributed by atoms with Crippen molar-refractivity contribution in [2.75, 3.05) is 10.0 Å². The Morgan fingerprint density at radius 3 is 2.37 bits per heavy atom. The Kier molecular flexibility index (Phi) is 6.52. The molecule has 3 rings (SSSR count). The summed E-state index contributed by atoms with van der Waals surface area (Å²) >= 11 is 1.35. The summed E-state index contributed by atoms with van der Waals surface area (Å²) in [6.07, 6.45) is 0.808. The lowest BCUT2D eigenvalue weighted by Gasteiger charge is -2.10. The molecule has 0 spiro atoms. The van der Waals surface area contributed by atoms with Crippen LogP contribution in [0.5, 0.6) is 0 Å². The van der Waals surface area contributed by atoms with Gasteiger partial charge in [0.2, 0.25) is 5.13 Å². The summed E-state index contributed by atoms with van der Waals surface area (Å²) in [7, 11) is -3.71. The quantitative estimate of drug-likeness (QED) is 0.562. The molecule has 0 aliphatic rings. The van der Waals surface area contributed by atoms with Gasteiger partial charge in [0.1, 0.15) is 5.01 Å². The van der Waals surface area contributed by atoms with Crippen LogP contribution >= 0.6 is 11.3 Å². The summed E-state index contributed by atoms with van der Waals surface area (Å²) in [6, 6.07) is 11.2. The van der Waals surface area contributed by atoms with Gasteiger partial charge in [0, 0.05) is 17.7 Å². The van der Waals surface area contributed by atoms with Gasteiger partial charge in [-0.05, 0) is 67.3 Å². The number of amides is 1. The van der Waals surface area contributed by atoms with E-state index in [9.17, 15) is 13.2 Å². The zero-order chi connectivity index (χ0) is 21.9. The molecule has 0 saturated heterocycles. The van der Waals surface area contributed by atoms with Gasteiger partial charge < -0.3 is 0 Å². The van der Waals surface area contributed by atoms with E-state index in [0.29, 0.717) is 22.3 Å². The number of benzene rings is 2. The Morgan fingerprint density at radius 1 is 1.03 bits per heavy atom. The number of carbonyl (C=O) groups is 1. The van der Waals surface area contributed by atoms with E-state index in [1.165, 1.54) is 11.3 Å². The van der Waals surface area contributed by atoms with Gasteiger partial charge in [-0.25, -0.2) is 8.42 Å². The molecule has 158 valence electrons. The molecule has 0 saturated carbocycles. The maximum atomic E-state index is 12.6. The van der Waals surface area contributed by atoms with E-state index in [1.807, 2.05) is 13.8 Å². The van der Waals surface area contributed by atoms with Gasteiger partial charge in [-0.1, -0.05) is 31.3 Å². The molecule has 0 bridgehead atoms. The van der Waals surface area contributed by atoms with Crippen molar-refractivity contribution in [2.24, 2.45) is 5.92 Å². The minimum Gasteiger partial charge on any atom is -0.296 e. The Morgan fingerprint density at radius 2 is 1.73 bits per heavy atom. The van der Waals surface area contributed by atoms with Gasteiger partial charge in [-0.3, -0.25) is 14.8 Å². The summed E-state index contributed by atoms with van der Waals surface area (Å²) in [4.78, 5) is 12.6. The molecule has 2 N–H and O–H groups in total. The molecule has 0 unspecified atom stereocenters. The van der Waals surface area contributed by atoms with Crippen molar-refractivity contribution in [2.45, 2.75) is 39.0 Å². The fourth-order valence-corrected chi connectivity index (χ4v) is 4.78. The minimum atomic E-state index is -3.71. The van der Waals surface area contributed by atoms with E-state index in [4.69, 9.17) is 0 Å². The molecular weight excluding hydrogens is 420 g/mol. The third kappa shape index (κ3) is 5.43. The van der Waals surface area contributed by atoms with Crippen molar-refractivity contribution in [3.05, 3.63) is 64.2 Å². The Labute approximate surface area is 180 Å². The molecule has 1 aromatic heterocycles. The smallest absolute Gasteiger partial charge is 0.261 e. The van der Waals surface area contributed by atoms with Crippen LogP contribution in [-0.2, 0) is 16.4 Å². The van der Waals surface area contributed by atoms with E-state index in [0.717, 1.165) is 22.6 Å². The third-order valence-corrected chi connectivity index (χ3v) is 6.70. The molecule has 7 nitrogen and oxygen atoms in total. The Bertz CT molecular complexity index is 1150. The molecule has 30 heavy (non-hydrogen) atoms. The second-order valence-corrected chi connectivity index (χ2v) is 10.2. The number of sulfonamides is 1. The number of hydrogen-bond acceptors (Lipinski definition) is 6. The van der Waals surface area contributed by atoms with Crippen LogP contribution in [0.15, 0.2) is 47.4 Å².